The summed E-state index contributed by atoms with van der Waals surface area (Å²) >= 11 is 0. The predicted molar refractivity (Wildman–Crippen MR) is 84.3 cm³/mol. The number of phenols is 1. The third kappa shape index (κ3) is 4.33. The Morgan fingerprint density at radius 1 is 1.10 bits per heavy atom. The second kappa shape index (κ2) is 7.45. The topological polar surface area (TPSA) is 66.6 Å². The van der Waals surface area contributed by atoms with Gasteiger partial charge in [-0.15, -0.1) is 0 Å². The van der Waals surface area contributed by atoms with Crippen LogP contribution in [0.5, 0.6) is 5.75 Å². The number of anilines is 1. The third-order valence-corrected chi connectivity index (χ3v) is 3.22. The molecule has 0 bridgehead atoms. The van der Waals surface area contributed by atoms with Crippen LogP contribution in [0.15, 0.2) is 54.6 Å². The minimum absolute atomic E-state index is 0.000231. The highest BCUT2D eigenvalue weighted by Crippen LogP contribution is 2.17. The summed E-state index contributed by atoms with van der Waals surface area (Å²) in [6.07, 6.45) is 1.01. The number of nitrogens with two attached hydrogens (primary N) is 1. The highest BCUT2D eigenvalue weighted by atomic mass is 16.3. The molecular formula is C17H20N2O2. The molecule has 0 aliphatic carbocycles. The molecule has 0 heterocycles. The van der Waals surface area contributed by atoms with Gasteiger partial charge in [-0.3, -0.25) is 4.79 Å². The molecule has 2 rings (SSSR count). The van der Waals surface area contributed by atoms with Crippen molar-refractivity contribution in [2.75, 3.05) is 18.0 Å². The van der Waals surface area contributed by atoms with Gasteiger partial charge in [-0.2, -0.15) is 0 Å². The molecule has 0 fully saturated rings. The number of phenolic OH excluding ortho intramolecular Hbond substituents is 1. The molecule has 0 saturated carbocycles. The first kappa shape index (κ1) is 15.1. The number of nitrogens with zero attached hydrogens (tertiary/aromatic N) is 1. The van der Waals surface area contributed by atoms with E-state index in [2.05, 4.69) is 0 Å². The SMILES string of the molecule is NCCCN(C(=O)Cc1cccc(O)c1)c1ccccc1. The van der Waals surface area contributed by atoms with Crippen LogP contribution in [0, 0.1) is 0 Å². The van der Waals surface area contributed by atoms with Crippen molar-refractivity contribution >= 4 is 11.6 Å². The van der Waals surface area contributed by atoms with Crippen LogP contribution in [0.25, 0.3) is 0 Å². The number of carbonyl (C=O) groups is 1. The Balaban J connectivity index is 2.14. The zero-order chi connectivity index (χ0) is 15.1. The van der Waals surface area contributed by atoms with E-state index in [1.165, 1.54) is 0 Å². The number of hydrogen-bond acceptors (Lipinski definition) is 3. The van der Waals surface area contributed by atoms with Crippen LogP contribution in [0.2, 0.25) is 0 Å². The minimum Gasteiger partial charge on any atom is -0.508 e. The molecule has 0 aromatic heterocycles. The molecule has 3 N–H and O–H groups in total. The van der Waals surface area contributed by atoms with E-state index in [1.54, 1.807) is 23.1 Å². The van der Waals surface area contributed by atoms with Gasteiger partial charge in [-0.1, -0.05) is 30.3 Å². The lowest BCUT2D eigenvalue weighted by Gasteiger charge is -2.22. The van der Waals surface area contributed by atoms with Gasteiger partial charge in [0.25, 0.3) is 0 Å². The number of rotatable bonds is 6. The smallest absolute Gasteiger partial charge is 0.231 e. The van der Waals surface area contributed by atoms with Crippen LogP contribution in [0.4, 0.5) is 5.69 Å². The molecule has 0 atom stereocenters. The minimum atomic E-state index is 0.000231. The molecule has 2 aromatic carbocycles. The first-order valence-electron chi connectivity index (χ1n) is 7.04. The maximum atomic E-state index is 12.5. The normalized spacial score (nSPS) is 10.3. The van der Waals surface area contributed by atoms with Gasteiger partial charge in [-0.25, -0.2) is 0 Å². The van der Waals surface area contributed by atoms with E-state index in [-0.39, 0.29) is 18.1 Å². The summed E-state index contributed by atoms with van der Waals surface area (Å²) in [5.74, 6) is 0.175. The quantitative estimate of drug-likeness (QED) is 0.855. The molecule has 0 spiro atoms. The molecule has 4 nitrogen and oxygen atoms in total. The molecule has 21 heavy (non-hydrogen) atoms. The first-order valence-corrected chi connectivity index (χ1v) is 7.04. The predicted octanol–water partition coefficient (Wildman–Crippen LogP) is 2.32. The zero-order valence-electron chi connectivity index (χ0n) is 11.9. The van der Waals surface area contributed by atoms with Crippen molar-refractivity contribution < 1.29 is 9.90 Å². The van der Waals surface area contributed by atoms with Gasteiger partial charge in [0.2, 0.25) is 5.91 Å². The van der Waals surface area contributed by atoms with Gasteiger partial charge in [-0.05, 0) is 42.8 Å². The van der Waals surface area contributed by atoms with Crippen molar-refractivity contribution in [3.63, 3.8) is 0 Å². The van der Waals surface area contributed by atoms with Crippen LogP contribution >= 0.6 is 0 Å². The molecular weight excluding hydrogens is 264 g/mol. The van der Waals surface area contributed by atoms with Gasteiger partial charge in [0.15, 0.2) is 0 Å². The summed E-state index contributed by atoms with van der Waals surface area (Å²) < 4.78 is 0. The Hall–Kier alpha value is -2.33. The van der Waals surface area contributed by atoms with Crippen molar-refractivity contribution in [3.8, 4) is 5.75 Å². The summed E-state index contributed by atoms with van der Waals surface area (Å²) in [5.41, 5.74) is 7.23. The Morgan fingerprint density at radius 2 is 1.86 bits per heavy atom. The van der Waals surface area contributed by atoms with Crippen LogP contribution < -0.4 is 10.6 Å². The van der Waals surface area contributed by atoms with Crippen molar-refractivity contribution in [1.82, 2.24) is 0 Å². The van der Waals surface area contributed by atoms with E-state index >= 15 is 0 Å². The van der Waals surface area contributed by atoms with Gasteiger partial charge in [0.1, 0.15) is 5.75 Å². The Labute approximate surface area is 124 Å². The maximum absolute atomic E-state index is 12.5. The molecule has 4 heteroatoms. The molecule has 0 unspecified atom stereocenters. The lowest BCUT2D eigenvalue weighted by molar-refractivity contribution is -0.118. The summed E-state index contributed by atoms with van der Waals surface area (Å²) in [7, 11) is 0. The van der Waals surface area contributed by atoms with Gasteiger partial charge in [0.05, 0.1) is 6.42 Å². The maximum Gasteiger partial charge on any atom is 0.231 e. The Bertz CT molecular complexity index is 584. The number of hydrogen-bond donors (Lipinski definition) is 2. The van der Waals surface area contributed by atoms with E-state index in [1.807, 2.05) is 36.4 Å². The standard InChI is InChI=1S/C17H20N2O2/c18-10-5-11-19(15-7-2-1-3-8-15)17(21)13-14-6-4-9-16(20)12-14/h1-4,6-9,12,20H,5,10-11,13,18H2. The number of carbonyl (C=O) groups excluding carboxylic acids is 1. The van der Waals surface area contributed by atoms with Crippen molar-refractivity contribution in [2.45, 2.75) is 12.8 Å². The largest absolute Gasteiger partial charge is 0.508 e. The average molecular weight is 284 g/mol. The van der Waals surface area contributed by atoms with Crippen molar-refractivity contribution in [1.29, 1.82) is 0 Å². The lowest BCUT2D eigenvalue weighted by atomic mass is 10.1. The van der Waals surface area contributed by atoms with Crippen LogP contribution in [-0.4, -0.2) is 24.1 Å². The van der Waals surface area contributed by atoms with E-state index < -0.39 is 0 Å². The number of benzene rings is 2. The first-order chi connectivity index (χ1) is 10.2. The van der Waals surface area contributed by atoms with Crippen molar-refractivity contribution in [3.05, 3.63) is 60.2 Å². The molecule has 0 aliphatic heterocycles. The molecule has 110 valence electrons. The second-order valence-corrected chi connectivity index (χ2v) is 4.87. The fraction of sp³-hybridized carbons (Fsp3) is 0.235. The monoisotopic (exact) mass is 284 g/mol. The van der Waals surface area contributed by atoms with Crippen LogP contribution in [-0.2, 0) is 11.2 Å². The lowest BCUT2D eigenvalue weighted by Crippen LogP contribution is -2.34. The van der Waals surface area contributed by atoms with E-state index in [0.717, 1.165) is 17.7 Å². The Morgan fingerprint density at radius 3 is 2.52 bits per heavy atom. The molecule has 0 aliphatic rings. The highest BCUT2D eigenvalue weighted by molar-refractivity contribution is 5.94. The number of amides is 1. The summed E-state index contributed by atoms with van der Waals surface area (Å²) in [6.45, 7) is 1.14. The molecule has 1 amide bonds. The van der Waals surface area contributed by atoms with Gasteiger partial charge >= 0.3 is 0 Å². The second-order valence-electron chi connectivity index (χ2n) is 4.87. The summed E-state index contributed by atoms with van der Waals surface area (Å²) in [5, 5.41) is 9.48. The zero-order valence-corrected chi connectivity index (χ0v) is 11.9. The van der Waals surface area contributed by atoms with Crippen molar-refractivity contribution in [2.24, 2.45) is 5.73 Å². The van der Waals surface area contributed by atoms with E-state index in [0.29, 0.717) is 13.1 Å². The van der Waals surface area contributed by atoms with Gasteiger partial charge < -0.3 is 15.7 Å². The van der Waals surface area contributed by atoms with E-state index in [9.17, 15) is 9.90 Å². The highest BCUT2D eigenvalue weighted by Gasteiger charge is 2.15. The van der Waals surface area contributed by atoms with E-state index in [4.69, 9.17) is 5.73 Å². The summed E-state index contributed by atoms with van der Waals surface area (Å²) in [6, 6.07) is 16.4. The fourth-order valence-corrected chi connectivity index (χ4v) is 2.19. The Kier molecular flexibility index (Phi) is 5.35. The number of aromatic hydroxyl groups is 1. The average Bonchev–Trinajstić information content (AvgIpc) is 2.49. The van der Waals surface area contributed by atoms with Crippen LogP contribution in [0.1, 0.15) is 12.0 Å². The molecule has 0 saturated heterocycles. The van der Waals surface area contributed by atoms with Gasteiger partial charge in [0, 0.05) is 12.2 Å². The fourth-order valence-electron chi connectivity index (χ4n) is 2.19. The summed E-state index contributed by atoms with van der Waals surface area (Å²) in [4.78, 5) is 14.3. The third-order valence-electron chi connectivity index (χ3n) is 3.22. The molecule has 2 aromatic rings. The van der Waals surface area contributed by atoms with Crippen LogP contribution in [0.3, 0.4) is 0 Å². The number of para-hydroxylation sites is 1. The molecule has 0 radical (unpaired) electrons.